The lowest BCUT2D eigenvalue weighted by Crippen LogP contribution is -2.47. The predicted molar refractivity (Wildman–Crippen MR) is 65.1 cm³/mol. The van der Waals surface area contributed by atoms with Crippen LogP contribution >= 0.6 is 0 Å². The van der Waals surface area contributed by atoms with Crippen molar-refractivity contribution in [2.45, 2.75) is 24.9 Å². The van der Waals surface area contributed by atoms with Crippen molar-refractivity contribution >= 4 is 5.91 Å². The Morgan fingerprint density at radius 2 is 2.06 bits per heavy atom. The summed E-state index contributed by atoms with van der Waals surface area (Å²) >= 11 is 0. The van der Waals surface area contributed by atoms with E-state index < -0.39 is 5.60 Å². The van der Waals surface area contributed by atoms with Crippen molar-refractivity contribution in [2.75, 3.05) is 6.54 Å². The minimum absolute atomic E-state index is 0.301. The van der Waals surface area contributed by atoms with E-state index in [-0.39, 0.29) is 5.91 Å². The minimum atomic E-state index is -0.690. The smallest absolute Gasteiger partial charge is 0.296 e. The SMILES string of the molecule is O=C(C#Cc1ccccc1)NCC1(O)CCC1. The molecule has 17 heavy (non-hydrogen) atoms. The standard InChI is InChI=1S/C14H15NO2/c16-13(15-11-14(17)9-4-10-14)8-7-12-5-2-1-3-6-12/h1-3,5-6,17H,4,9-11H2,(H,15,16). The summed E-state index contributed by atoms with van der Waals surface area (Å²) in [5, 5.41) is 12.4. The van der Waals surface area contributed by atoms with Gasteiger partial charge < -0.3 is 10.4 Å². The molecule has 1 saturated carbocycles. The molecule has 1 aromatic carbocycles. The Morgan fingerprint density at radius 1 is 1.35 bits per heavy atom. The van der Waals surface area contributed by atoms with Crippen molar-refractivity contribution < 1.29 is 9.90 Å². The number of rotatable bonds is 2. The Bertz CT molecular complexity index is 452. The molecule has 88 valence electrons. The molecule has 3 nitrogen and oxygen atoms in total. The molecule has 1 aliphatic rings. The highest BCUT2D eigenvalue weighted by molar-refractivity contribution is 5.94. The van der Waals surface area contributed by atoms with Gasteiger partial charge in [-0.15, -0.1) is 0 Å². The highest BCUT2D eigenvalue weighted by Crippen LogP contribution is 2.30. The Hall–Kier alpha value is -1.79. The maximum Gasteiger partial charge on any atom is 0.296 e. The van der Waals surface area contributed by atoms with Crippen LogP contribution in [0.4, 0.5) is 0 Å². The first-order valence-corrected chi connectivity index (χ1v) is 5.75. The lowest BCUT2D eigenvalue weighted by atomic mass is 9.80. The van der Waals surface area contributed by atoms with Gasteiger partial charge in [0.05, 0.1) is 5.60 Å². The van der Waals surface area contributed by atoms with Crippen LogP contribution in [-0.4, -0.2) is 23.2 Å². The largest absolute Gasteiger partial charge is 0.388 e. The van der Waals surface area contributed by atoms with Crippen molar-refractivity contribution in [3.63, 3.8) is 0 Å². The van der Waals surface area contributed by atoms with Crippen molar-refractivity contribution in [2.24, 2.45) is 0 Å². The number of hydrogen-bond acceptors (Lipinski definition) is 2. The molecule has 0 bridgehead atoms. The minimum Gasteiger partial charge on any atom is -0.388 e. The van der Waals surface area contributed by atoms with Crippen LogP contribution in [0.1, 0.15) is 24.8 Å². The van der Waals surface area contributed by atoms with E-state index in [1.807, 2.05) is 30.3 Å². The molecule has 0 aromatic heterocycles. The van der Waals surface area contributed by atoms with E-state index in [9.17, 15) is 9.90 Å². The third kappa shape index (κ3) is 3.33. The summed E-state index contributed by atoms with van der Waals surface area (Å²) in [7, 11) is 0. The summed E-state index contributed by atoms with van der Waals surface area (Å²) in [6.07, 6.45) is 2.56. The van der Waals surface area contributed by atoms with Crippen molar-refractivity contribution in [3.8, 4) is 11.8 Å². The van der Waals surface area contributed by atoms with Crippen LogP contribution in [0.15, 0.2) is 30.3 Å². The Balaban J connectivity index is 1.83. The molecule has 0 saturated heterocycles. The summed E-state index contributed by atoms with van der Waals surface area (Å²) in [6, 6.07) is 9.34. The molecular formula is C14H15NO2. The van der Waals surface area contributed by atoms with Gasteiger partial charge in [-0.25, -0.2) is 0 Å². The van der Waals surface area contributed by atoms with Gasteiger partial charge in [0.25, 0.3) is 5.91 Å². The molecule has 0 spiro atoms. The van der Waals surface area contributed by atoms with Crippen LogP contribution in [0.25, 0.3) is 0 Å². The number of benzene rings is 1. The van der Waals surface area contributed by atoms with E-state index in [2.05, 4.69) is 17.2 Å². The lowest BCUT2D eigenvalue weighted by molar-refractivity contribution is -0.118. The molecule has 0 unspecified atom stereocenters. The zero-order valence-corrected chi connectivity index (χ0v) is 9.57. The first-order chi connectivity index (χ1) is 8.18. The molecule has 2 rings (SSSR count). The maximum absolute atomic E-state index is 11.4. The van der Waals surface area contributed by atoms with Crippen molar-refractivity contribution in [1.29, 1.82) is 0 Å². The molecular weight excluding hydrogens is 214 g/mol. The van der Waals surface area contributed by atoms with Crippen LogP contribution in [0, 0.1) is 11.8 Å². The van der Waals surface area contributed by atoms with E-state index in [0.29, 0.717) is 6.54 Å². The van der Waals surface area contributed by atoms with Gasteiger partial charge in [0.1, 0.15) is 0 Å². The number of amides is 1. The normalized spacial score (nSPS) is 16.3. The van der Waals surface area contributed by atoms with Crippen LogP contribution in [0.3, 0.4) is 0 Å². The predicted octanol–water partition coefficient (Wildman–Crippen LogP) is 1.07. The molecule has 3 heteroatoms. The van der Waals surface area contributed by atoms with E-state index in [4.69, 9.17) is 0 Å². The van der Waals surface area contributed by atoms with Gasteiger partial charge in [-0.05, 0) is 31.4 Å². The van der Waals surface area contributed by atoms with E-state index in [1.165, 1.54) is 0 Å². The third-order valence-electron chi connectivity index (χ3n) is 2.96. The number of carbonyl (C=O) groups excluding carboxylic acids is 1. The summed E-state index contributed by atoms with van der Waals surface area (Å²) in [5.41, 5.74) is 0.120. The topological polar surface area (TPSA) is 49.3 Å². The number of hydrogen-bond donors (Lipinski definition) is 2. The molecule has 0 radical (unpaired) electrons. The monoisotopic (exact) mass is 229 g/mol. The lowest BCUT2D eigenvalue weighted by Gasteiger charge is -2.36. The van der Waals surface area contributed by atoms with Gasteiger partial charge in [-0.2, -0.15) is 0 Å². The fraction of sp³-hybridized carbons (Fsp3) is 0.357. The fourth-order valence-corrected chi connectivity index (χ4v) is 1.70. The van der Waals surface area contributed by atoms with Gasteiger partial charge in [0, 0.05) is 18.0 Å². The Labute approximate surface area is 101 Å². The summed E-state index contributed by atoms with van der Waals surface area (Å²) in [5.74, 6) is 4.94. The molecule has 2 N–H and O–H groups in total. The van der Waals surface area contributed by atoms with Gasteiger partial charge in [-0.3, -0.25) is 4.79 Å². The van der Waals surface area contributed by atoms with Crippen LogP contribution in [0.2, 0.25) is 0 Å². The highest BCUT2D eigenvalue weighted by atomic mass is 16.3. The Morgan fingerprint density at radius 3 is 2.65 bits per heavy atom. The maximum atomic E-state index is 11.4. The van der Waals surface area contributed by atoms with Gasteiger partial charge in [0.15, 0.2) is 0 Å². The molecule has 1 amide bonds. The quantitative estimate of drug-likeness (QED) is 0.745. The highest BCUT2D eigenvalue weighted by Gasteiger charge is 2.34. The van der Waals surface area contributed by atoms with Gasteiger partial charge >= 0.3 is 0 Å². The Kier molecular flexibility index (Phi) is 3.46. The number of carbonyl (C=O) groups is 1. The first-order valence-electron chi connectivity index (χ1n) is 5.75. The molecule has 1 fully saturated rings. The van der Waals surface area contributed by atoms with Crippen molar-refractivity contribution in [3.05, 3.63) is 35.9 Å². The van der Waals surface area contributed by atoms with E-state index in [1.54, 1.807) is 0 Å². The molecule has 0 heterocycles. The fourth-order valence-electron chi connectivity index (χ4n) is 1.70. The first kappa shape index (κ1) is 11.7. The summed E-state index contributed by atoms with van der Waals surface area (Å²) < 4.78 is 0. The zero-order valence-electron chi connectivity index (χ0n) is 9.57. The molecule has 0 atom stereocenters. The summed E-state index contributed by atoms with van der Waals surface area (Å²) in [4.78, 5) is 11.4. The molecule has 1 aliphatic carbocycles. The molecule has 0 aliphatic heterocycles. The van der Waals surface area contributed by atoms with Gasteiger partial charge in [0.2, 0.25) is 0 Å². The second kappa shape index (κ2) is 5.03. The zero-order chi connectivity index (χ0) is 12.1. The van der Waals surface area contributed by atoms with Crippen LogP contribution in [0.5, 0.6) is 0 Å². The van der Waals surface area contributed by atoms with Crippen LogP contribution in [-0.2, 0) is 4.79 Å². The van der Waals surface area contributed by atoms with E-state index >= 15 is 0 Å². The third-order valence-corrected chi connectivity index (χ3v) is 2.96. The van der Waals surface area contributed by atoms with E-state index in [0.717, 1.165) is 24.8 Å². The second-order valence-corrected chi connectivity index (χ2v) is 4.38. The van der Waals surface area contributed by atoms with Crippen molar-refractivity contribution in [1.82, 2.24) is 5.32 Å². The second-order valence-electron chi connectivity index (χ2n) is 4.38. The number of nitrogens with one attached hydrogen (secondary N) is 1. The molecule has 1 aromatic rings. The van der Waals surface area contributed by atoms with Crippen LogP contribution < -0.4 is 5.32 Å². The summed E-state index contributed by atoms with van der Waals surface area (Å²) in [6.45, 7) is 0.301. The average Bonchev–Trinajstić information content (AvgIpc) is 2.33. The average molecular weight is 229 g/mol. The van der Waals surface area contributed by atoms with Gasteiger partial charge in [-0.1, -0.05) is 24.1 Å². The number of aliphatic hydroxyl groups is 1.